The van der Waals surface area contributed by atoms with Crippen LogP contribution in [-0.4, -0.2) is 25.3 Å². The van der Waals surface area contributed by atoms with E-state index < -0.39 is 0 Å². The van der Waals surface area contributed by atoms with Gasteiger partial charge in [0.2, 0.25) is 0 Å². The quantitative estimate of drug-likeness (QED) is 0.484. The van der Waals surface area contributed by atoms with E-state index in [1.54, 1.807) is 7.11 Å². The molecule has 3 heteroatoms. The Morgan fingerprint density at radius 3 is 2.38 bits per heavy atom. The number of hydrogen-bond donors (Lipinski definition) is 0. The van der Waals surface area contributed by atoms with E-state index in [-0.39, 0.29) is 6.29 Å². The van der Waals surface area contributed by atoms with Crippen LogP contribution in [0.5, 0.6) is 0 Å². The van der Waals surface area contributed by atoms with Gasteiger partial charge < -0.3 is 9.47 Å². The minimum absolute atomic E-state index is 0.0833. The van der Waals surface area contributed by atoms with Crippen LogP contribution in [0.3, 0.4) is 0 Å². The molecule has 0 aromatic rings. The molecule has 0 amide bonds. The second-order valence-electron chi connectivity index (χ2n) is 1.27. The van der Waals surface area contributed by atoms with Crippen molar-refractivity contribution in [3.63, 3.8) is 0 Å². The van der Waals surface area contributed by atoms with Crippen molar-refractivity contribution in [3.05, 3.63) is 0 Å². The summed E-state index contributed by atoms with van der Waals surface area (Å²) >= 11 is 3.23. The Morgan fingerprint density at radius 1 is 1.62 bits per heavy atom. The van der Waals surface area contributed by atoms with Crippen molar-refractivity contribution in [2.45, 2.75) is 13.2 Å². The van der Waals surface area contributed by atoms with Gasteiger partial charge in [0.15, 0.2) is 6.29 Å². The van der Waals surface area contributed by atoms with Gasteiger partial charge in [-0.15, -0.1) is 0 Å². The Balaban J connectivity index is 3.07. The molecule has 0 fully saturated rings. The second-order valence-corrected chi connectivity index (χ2v) is 1.92. The van der Waals surface area contributed by atoms with E-state index in [0.29, 0.717) is 6.61 Å². The van der Waals surface area contributed by atoms with Crippen LogP contribution < -0.4 is 0 Å². The van der Waals surface area contributed by atoms with Crippen molar-refractivity contribution in [2.24, 2.45) is 0 Å². The maximum absolute atomic E-state index is 5.07. The molecule has 2 nitrogen and oxygen atoms in total. The Bertz CT molecular complexity index is 45.7. The maximum Gasteiger partial charge on any atom is 0.166 e. The van der Waals surface area contributed by atoms with Crippen molar-refractivity contribution in [2.75, 3.05) is 19.0 Å². The van der Waals surface area contributed by atoms with Gasteiger partial charge in [-0.2, -0.15) is 0 Å². The number of rotatable bonds is 4. The number of halogens is 1. The van der Waals surface area contributed by atoms with E-state index in [2.05, 4.69) is 15.9 Å². The average Bonchev–Trinajstić information content (AvgIpc) is 1.83. The first-order chi connectivity index (χ1) is 3.85. The molecular weight excluding hydrogens is 172 g/mol. The Hall–Kier alpha value is 0.400. The van der Waals surface area contributed by atoms with Crippen LogP contribution in [0.15, 0.2) is 0 Å². The zero-order valence-electron chi connectivity index (χ0n) is 5.19. The molecule has 0 aliphatic rings. The van der Waals surface area contributed by atoms with Gasteiger partial charge in [0.1, 0.15) is 0 Å². The number of ether oxygens (including phenoxy) is 2. The second kappa shape index (κ2) is 5.54. The van der Waals surface area contributed by atoms with E-state index in [4.69, 9.17) is 9.47 Å². The minimum atomic E-state index is -0.0833. The smallest absolute Gasteiger partial charge is 0.166 e. The van der Waals surface area contributed by atoms with E-state index in [1.165, 1.54) is 0 Å². The lowest BCUT2D eigenvalue weighted by atomic mass is 10.7. The highest BCUT2D eigenvalue weighted by Gasteiger charge is 2.00. The Kier molecular flexibility index (Phi) is 5.81. The number of methoxy groups -OCH3 is 1. The maximum atomic E-state index is 5.07. The largest absolute Gasteiger partial charge is 0.355 e. The third kappa shape index (κ3) is 3.41. The van der Waals surface area contributed by atoms with Gasteiger partial charge >= 0.3 is 0 Å². The molecule has 0 heterocycles. The van der Waals surface area contributed by atoms with Gasteiger partial charge in [-0.1, -0.05) is 15.9 Å². The highest BCUT2D eigenvalue weighted by atomic mass is 79.9. The third-order valence-corrected chi connectivity index (χ3v) is 1.27. The van der Waals surface area contributed by atoms with Gasteiger partial charge in [-0.3, -0.25) is 0 Å². The van der Waals surface area contributed by atoms with Crippen LogP contribution in [-0.2, 0) is 9.47 Å². The lowest BCUT2D eigenvalue weighted by Gasteiger charge is -2.10. The fraction of sp³-hybridized carbons (Fsp3) is 1.00. The SMILES string of the molecule is CCOC(CBr)OC. The number of hydrogen-bond acceptors (Lipinski definition) is 2. The summed E-state index contributed by atoms with van der Waals surface area (Å²) < 4.78 is 9.94. The summed E-state index contributed by atoms with van der Waals surface area (Å²) in [5.41, 5.74) is 0. The average molecular weight is 183 g/mol. The summed E-state index contributed by atoms with van der Waals surface area (Å²) in [7, 11) is 1.63. The fourth-order valence-corrected chi connectivity index (χ4v) is 0.813. The van der Waals surface area contributed by atoms with Crippen LogP contribution in [0.4, 0.5) is 0 Å². The molecule has 0 saturated carbocycles. The summed E-state index contributed by atoms with van der Waals surface area (Å²) in [6.45, 7) is 2.64. The first kappa shape index (κ1) is 8.40. The predicted octanol–water partition coefficient (Wildman–Crippen LogP) is 1.39. The molecule has 0 aromatic carbocycles. The normalized spacial score (nSPS) is 13.9. The third-order valence-electron chi connectivity index (χ3n) is 0.741. The molecule has 0 spiro atoms. The van der Waals surface area contributed by atoms with E-state index >= 15 is 0 Å². The summed E-state index contributed by atoms with van der Waals surface area (Å²) in [5, 5.41) is 0.733. The van der Waals surface area contributed by atoms with Crippen molar-refractivity contribution >= 4 is 15.9 Å². The Labute approximate surface area is 58.3 Å². The van der Waals surface area contributed by atoms with Crippen molar-refractivity contribution in [1.82, 2.24) is 0 Å². The zero-order chi connectivity index (χ0) is 6.41. The molecule has 0 saturated heterocycles. The molecule has 0 aliphatic heterocycles. The van der Waals surface area contributed by atoms with Gasteiger partial charge in [0.05, 0.1) is 5.33 Å². The van der Waals surface area contributed by atoms with Crippen molar-refractivity contribution < 1.29 is 9.47 Å². The molecule has 8 heavy (non-hydrogen) atoms. The fourth-order valence-electron chi connectivity index (χ4n) is 0.361. The molecule has 0 N–H and O–H groups in total. The Morgan fingerprint density at radius 2 is 2.25 bits per heavy atom. The topological polar surface area (TPSA) is 18.5 Å². The predicted molar refractivity (Wildman–Crippen MR) is 36.2 cm³/mol. The van der Waals surface area contributed by atoms with Crippen molar-refractivity contribution in [1.29, 1.82) is 0 Å². The van der Waals surface area contributed by atoms with Crippen LogP contribution in [0.25, 0.3) is 0 Å². The number of alkyl halides is 1. The monoisotopic (exact) mass is 182 g/mol. The van der Waals surface area contributed by atoms with Crippen LogP contribution in [0, 0.1) is 0 Å². The summed E-state index contributed by atoms with van der Waals surface area (Å²) in [6.07, 6.45) is -0.0833. The van der Waals surface area contributed by atoms with Gasteiger partial charge in [-0.25, -0.2) is 0 Å². The minimum Gasteiger partial charge on any atom is -0.355 e. The van der Waals surface area contributed by atoms with E-state index in [1.807, 2.05) is 6.92 Å². The molecular formula is C5H11BrO2. The van der Waals surface area contributed by atoms with Gasteiger partial charge in [0.25, 0.3) is 0 Å². The summed E-state index contributed by atoms with van der Waals surface area (Å²) in [6, 6.07) is 0. The van der Waals surface area contributed by atoms with Gasteiger partial charge in [-0.05, 0) is 6.92 Å². The molecule has 0 aliphatic carbocycles. The lowest BCUT2D eigenvalue weighted by Crippen LogP contribution is -2.16. The van der Waals surface area contributed by atoms with E-state index in [0.717, 1.165) is 5.33 Å². The van der Waals surface area contributed by atoms with E-state index in [9.17, 15) is 0 Å². The van der Waals surface area contributed by atoms with Crippen LogP contribution in [0.1, 0.15) is 6.92 Å². The van der Waals surface area contributed by atoms with Gasteiger partial charge in [0, 0.05) is 13.7 Å². The molecule has 0 rings (SSSR count). The highest BCUT2D eigenvalue weighted by molar-refractivity contribution is 9.09. The zero-order valence-corrected chi connectivity index (χ0v) is 6.77. The first-order valence-electron chi connectivity index (χ1n) is 2.55. The summed E-state index contributed by atoms with van der Waals surface area (Å²) in [5.74, 6) is 0. The highest BCUT2D eigenvalue weighted by Crippen LogP contribution is 1.96. The lowest BCUT2D eigenvalue weighted by molar-refractivity contribution is -0.102. The van der Waals surface area contributed by atoms with Crippen LogP contribution >= 0.6 is 15.9 Å². The molecule has 1 unspecified atom stereocenters. The molecule has 0 radical (unpaired) electrons. The molecule has 0 bridgehead atoms. The molecule has 1 atom stereocenters. The standard InChI is InChI=1S/C5H11BrO2/c1-3-8-5(4-6)7-2/h5H,3-4H2,1-2H3. The van der Waals surface area contributed by atoms with Crippen LogP contribution in [0.2, 0.25) is 0 Å². The molecule has 0 aromatic heterocycles. The molecule has 50 valence electrons. The van der Waals surface area contributed by atoms with Crippen molar-refractivity contribution in [3.8, 4) is 0 Å². The summed E-state index contributed by atoms with van der Waals surface area (Å²) in [4.78, 5) is 0. The first-order valence-corrected chi connectivity index (χ1v) is 3.67.